The van der Waals surface area contributed by atoms with E-state index in [0.717, 1.165) is 42.4 Å². The Morgan fingerprint density at radius 3 is 0.534 bits per heavy atom. The quantitative estimate of drug-likeness (QED) is 0.110. The first-order valence-corrected chi connectivity index (χ1v) is 23.8. The fourth-order valence-corrected chi connectivity index (χ4v) is 20.0. The van der Waals surface area contributed by atoms with Gasteiger partial charge in [-0.25, -0.2) is 0 Å². The zero-order valence-electron chi connectivity index (χ0n) is 32.0. The molecule has 286 valence electrons. The van der Waals surface area contributed by atoms with Gasteiger partial charge in [-0.3, -0.25) is 0 Å². The minimum absolute atomic E-state index is 0.213. The van der Waals surface area contributed by atoms with Crippen LogP contribution in [-0.2, 0) is 18.6 Å². The Morgan fingerprint density at radius 1 is 0.259 bits per heavy atom. The molecule has 0 N–H and O–H groups in total. The Labute approximate surface area is 340 Å². The van der Waals surface area contributed by atoms with Gasteiger partial charge < -0.3 is 0 Å². The van der Waals surface area contributed by atoms with Gasteiger partial charge in [-0.05, 0) is 0 Å². The van der Waals surface area contributed by atoms with Gasteiger partial charge in [0, 0.05) is 0 Å². The van der Waals surface area contributed by atoms with E-state index >= 15 is 9.59 Å². The van der Waals surface area contributed by atoms with Gasteiger partial charge in [-0.15, -0.1) is 0 Å². The van der Waals surface area contributed by atoms with Crippen molar-refractivity contribution in [3.63, 3.8) is 0 Å². The summed E-state index contributed by atoms with van der Waals surface area (Å²) in [4.78, 5) is 30.0. The first-order chi connectivity index (χ1) is 28.5. The molecular weight excluding hydrogens is 751 g/mol. The summed E-state index contributed by atoms with van der Waals surface area (Å²) in [6.07, 6.45) is -0.425. The van der Waals surface area contributed by atoms with Crippen molar-refractivity contribution in [1.82, 2.24) is 0 Å². The molecule has 58 heavy (non-hydrogen) atoms. The molecule has 0 aliphatic carbocycles. The topological polar surface area (TPSA) is 52.6 Å². The summed E-state index contributed by atoms with van der Waals surface area (Å²) < 4.78 is 14.6. The summed E-state index contributed by atoms with van der Waals surface area (Å²) in [5.74, 6) is -1.01. The molecule has 4 nitrogen and oxygen atoms in total. The van der Waals surface area contributed by atoms with Gasteiger partial charge in [-0.1, -0.05) is 0 Å². The van der Waals surface area contributed by atoms with Crippen molar-refractivity contribution in [3.8, 4) is 0 Å². The first-order valence-electron chi connectivity index (χ1n) is 19.5. The second kappa shape index (κ2) is 16.2. The molecule has 0 aliphatic rings. The number of rotatable bonds is 13. The molecule has 0 unspecified atom stereocenters. The van der Waals surface area contributed by atoms with E-state index in [0.29, 0.717) is 0 Å². The van der Waals surface area contributed by atoms with Gasteiger partial charge in [0.05, 0.1) is 0 Å². The molecule has 0 saturated heterocycles. The summed E-state index contributed by atoms with van der Waals surface area (Å²) in [6.45, 7) is -8.58. The zero-order chi connectivity index (χ0) is 39.8. The number of carbonyl (C=O) groups is 2. The molecule has 8 aromatic rings. The van der Waals surface area contributed by atoms with Crippen LogP contribution in [0.1, 0.15) is 12.8 Å². The predicted octanol–water partition coefficient (Wildman–Crippen LogP) is 8.39. The molecule has 0 bridgehead atoms. The van der Waals surface area contributed by atoms with Crippen molar-refractivity contribution in [2.45, 2.75) is 12.8 Å². The summed E-state index contributed by atoms with van der Waals surface area (Å²) in [7, 11) is 0. The summed E-state index contributed by atoms with van der Waals surface area (Å²) in [5.41, 5.74) is 0. The molecule has 0 aromatic heterocycles. The molecule has 0 spiro atoms. The van der Waals surface area contributed by atoms with E-state index < -0.39 is 25.6 Å². The fraction of sp³-hybridized carbons (Fsp3) is 0.0385. The fourth-order valence-electron chi connectivity index (χ4n) is 8.61. The number of hydrogen-bond donors (Lipinski definition) is 0. The summed E-state index contributed by atoms with van der Waals surface area (Å²) in [6, 6.07) is 80.4. The van der Waals surface area contributed by atoms with Crippen LogP contribution in [0.3, 0.4) is 0 Å². The minimum atomic E-state index is -4.29. The van der Waals surface area contributed by atoms with Crippen LogP contribution in [0.4, 0.5) is 0 Å². The SMILES string of the molecule is O=C(CCC(=O)OP(c1ccccc1)(c1ccccc1)(c1ccccc1)c1ccccc1)OP(c1ccccc1)(c1ccccc1)(c1ccccc1)c1ccccc1. The van der Waals surface area contributed by atoms with Crippen LogP contribution in [0.5, 0.6) is 0 Å². The van der Waals surface area contributed by atoms with E-state index in [9.17, 15) is 0 Å². The summed E-state index contributed by atoms with van der Waals surface area (Å²) >= 11 is 0. The summed E-state index contributed by atoms with van der Waals surface area (Å²) in [5, 5.41) is 6.99. The van der Waals surface area contributed by atoms with Gasteiger partial charge in [0.15, 0.2) is 0 Å². The maximum absolute atomic E-state index is 15.0. The monoisotopic (exact) mass is 794 g/mol. The van der Waals surface area contributed by atoms with Gasteiger partial charge >= 0.3 is 342 Å². The molecule has 0 fully saturated rings. The Morgan fingerprint density at radius 2 is 0.397 bits per heavy atom. The Kier molecular flexibility index (Phi) is 10.7. The second-order valence-electron chi connectivity index (χ2n) is 14.2. The number of benzene rings is 8. The molecular formula is C52H44O4P2. The predicted molar refractivity (Wildman–Crippen MR) is 244 cm³/mol. The van der Waals surface area contributed by atoms with Gasteiger partial charge in [0.1, 0.15) is 0 Å². The van der Waals surface area contributed by atoms with Gasteiger partial charge in [0.25, 0.3) is 0 Å². The van der Waals surface area contributed by atoms with Crippen molar-refractivity contribution in [2.24, 2.45) is 0 Å². The number of hydrogen-bond acceptors (Lipinski definition) is 4. The van der Waals surface area contributed by atoms with E-state index in [2.05, 4.69) is 97.1 Å². The Balaban J connectivity index is 1.28. The van der Waals surface area contributed by atoms with Crippen LogP contribution >= 0.6 is 13.7 Å². The number of carbonyl (C=O) groups excluding carboxylic acids is 2. The van der Waals surface area contributed by atoms with Crippen molar-refractivity contribution in [3.05, 3.63) is 243 Å². The molecule has 0 aliphatic heterocycles. The normalized spacial score (nSPS) is 12.8. The van der Waals surface area contributed by atoms with Crippen LogP contribution < -0.4 is 42.4 Å². The van der Waals surface area contributed by atoms with E-state index in [1.807, 2.05) is 146 Å². The third-order valence-corrected chi connectivity index (χ3v) is 22.5. The molecule has 0 atom stereocenters. The zero-order valence-corrected chi connectivity index (χ0v) is 33.8. The average molecular weight is 795 g/mol. The van der Waals surface area contributed by atoms with Crippen molar-refractivity contribution in [1.29, 1.82) is 0 Å². The molecule has 0 heterocycles. The Bertz CT molecular complexity index is 2070. The standard InChI is InChI=1S/C52H44O4P2/c53-51(55-57(43-25-9-1-10-26-43,44-27-11-2-12-28-44,45-29-13-3-14-30-45)46-31-15-4-16-32-46)41-42-52(54)56-58(47-33-17-5-18-34-47,48-35-19-6-20-36-48,49-37-21-7-22-38-49)50-39-23-8-24-40-50/h1-40H,41-42H2. The van der Waals surface area contributed by atoms with E-state index in [1.165, 1.54) is 0 Å². The Hall–Kier alpha value is -6.44. The van der Waals surface area contributed by atoms with E-state index in [4.69, 9.17) is 9.05 Å². The van der Waals surface area contributed by atoms with Crippen molar-refractivity contribution in [2.75, 3.05) is 0 Å². The van der Waals surface area contributed by atoms with E-state index in [-0.39, 0.29) is 12.8 Å². The molecule has 0 amide bonds. The first kappa shape index (κ1) is 38.4. The second-order valence-corrected chi connectivity index (χ2v) is 22.8. The third kappa shape index (κ3) is 6.09. The van der Waals surface area contributed by atoms with Crippen LogP contribution in [-0.4, -0.2) is 11.9 Å². The molecule has 8 rings (SSSR count). The molecule has 0 radical (unpaired) electrons. The third-order valence-electron chi connectivity index (χ3n) is 11.1. The molecule has 8 aromatic carbocycles. The van der Waals surface area contributed by atoms with Gasteiger partial charge in [-0.2, -0.15) is 0 Å². The van der Waals surface area contributed by atoms with Crippen molar-refractivity contribution < 1.29 is 18.6 Å². The van der Waals surface area contributed by atoms with Crippen molar-refractivity contribution >= 4 is 68.0 Å². The van der Waals surface area contributed by atoms with E-state index in [1.54, 1.807) is 0 Å². The van der Waals surface area contributed by atoms with Gasteiger partial charge in [0.2, 0.25) is 0 Å². The van der Waals surface area contributed by atoms with Crippen LogP contribution in [0.2, 0.25) is 0 Å². The molecule has 0 saturated carbocycles. The van der Waals surface area contributed by atoms with Crippen LogP contribution in [0.15, 0.2) is 243 Å². The van der Waals surface area contributed by atoms with Crippen LogP contribution in [0, 0.1) is 0 Å². The van der Waals surface area contributed by atoms with Crippen LogP contribution in [0.25, 0.3) is 0 Å². The average Bonchev–Trinajstić information content (AvgIpc) is 3.32. The molecule has 6 heteroatoms. The maximum atomic E-state index is 15.0.